The van der Waals surface area contributed by atoms with E-state index in [-0.39, 0.29) is 17.8 Å². The molecule has 1 amide bonds. The third-order valence-corrected chi connectivity index (χ3v) is 6.06. The minimum atomic E-state index is -0.446. The number of likely N-dealkylation sites (tertiary alicyclic amines) is 1. The van der Waals surface area contributed by atoms with Gasteiger partial charge in [0.2, 0.25) is 5.95 Å². The largest absolute Gasteiger partial charge is 0.378 e. The number of fused-ring (bicyclic) bond motifs is 1. The number of carbonyl (C=O) groups excluding carboxylic acids is 1. The average molecular weight is 426 g/mol. The lowest BCUT2D eigenvalue weighted by atomic mass is 9.99. The quantitative estimate of drug-likeness (QED) is 0.618. The van der Waals surface area contributed by atoms with Gasteiger partial charge in [0.05, 0.1) is 19.4 Å². The minimum Gasteiger partial charge on any atom is -0.378 e. The van der Waals surface area contributed by atoms with Crippen molar-refractivity contribution in [3.05, 3.63) is 52.3 Å². The van der Waals surface area contributed by atoms with E-state index in [2.05, 4.69) is 9.97 Å². The van der Waals surface area contributed by atoms with E-state index in [1.54, 1.807) is 30.3 Å². The third kappa shape index (κ3) is 3.46. The molecule has 162 valence electrons. The van der Waals surface area contributed by atoms with Crippen molar-refractivity contribution < 1.29 is 13.9 Å². The summed E-state index contributed by atoms with van der Waals surface area (Å²) in [5, 5.41) is 0. The van der Waals surface area contributed by atoms with Gasteiger partial charge in [0, 0.05) is 39.1 Å². The molecular weight excluding hydrogens is 403 g/mol. The van der Waals surface area contributed by atoms with Crippen LogP contribution in [0.5, 0.6) is 0 Å². The Bertz CT molecular complexity index is 1180. The van der Waals surface area contributed by atoms with Crippen molar-refractivity contribution in [2.75, 3.05) is 44.3 Å². The van der Waals surface area contributed by atoms with E-state index < -0.39 is 5.69 Å². The molecule has 5 rings (SSSR count). The molecule has 0 spiro atoms. The second kappa shape index (κ2) is 7.77. The summed E-state index contributed by atoms with van der Waals surface area (Å²) < 4.78 is 21.1. The lowest BCUT2D eigenvalue weighted by Crippen LogP contribution is -2.38. The number of hydrogen-bond acceptors (Lipinski definition) is 6. The Kier molecular flexibility index (Phi) is 4.93. The van der Waals surface area contributed by atoms with E-state index in [1.165, 1.54) is 16.7 Å². The fraction of sp³-hybridized carbons (Fsp3) is 0.429. The van der Waals surface area contributed by atoms with Crippen LogP contribution in [0.3, 0.4) is 0 Å². The summed E-state index contributed by atoms with van der Waals surface area (Å²) >= 11 is 0. The minimum absolute atomic E-state index is 0.111. The Morgan fingerprint density at radius 3 is 2.65 bits per heavy atom. The number of rotatable bonds is 2. The number of hydrogen-bond donors (Lipinski definition) is 0. The van der Waals surface area contributed by atoms with Gasteiger partial charge in [-0.25, -0.2) is 23.5 Å². The molecule has 0 saturated carbocycles. The predicted molar refractivity (Wildman–Crippen MR) is 112 cm³/mol. The molecule has 4 heterocycles. The van der Waals surface area contributed by atoms with E-state index >= 15 is 0 Å². The van der Waals surface area contributed by atoms with E-state index in [9.17, 15) is 14.0 Å². The summed E-state index contributed by atoms with van der Waals surface area (Å²) in [4.78, 5) is 38.8. The van der Waals surface area contributed by atoms with Gasteiger partial charge in [-0.2, -0.15) is 4.98 Å². The SMILES string of the molecule is Cn1c(=O)n(C(=O)N2CCC(c3ccc(F)cc3)C2)c2cnc(N3CCOCC3)nc21. The average Bonchev–Trinajstić information content (AvgIpc) is 3.38. The number of amides is 1. The number of morpholine rings is 1. The van der Waals surface area contributed by atoms with Crippen molar-refractivity contribution in [3.63, 3.8) is 0 Å². The summed E-state index contributed by atoms with van der Waals surface area (Å²) in [7, 11) is 1.61. The first-order valence-corrected chi connectivity index (χ1v) is 10.3. The molecule has 2 fully saturated rings. The number of ether oxygens (including phenoxy) is 1. The van der Waals surface area contributed by atoms with Gasteiger partial charge >= 0.3 is 11.7 Å². The monoisotopic (exact) mass is 426 g/mol. The van der Waals surface area contributed by atoms with E-state index in [4.69, 9.17) is 4.74 Å². The van der Waals surface area contributed by atoms with Crippen molar-refractivity contribution in [2.24, 2.45) is 7.05 Å². The van der Waals surface area contributed by atoms with Crippen LogP contribution in [0.15, 0.2) is 35.3 Å². The van der Waals surface area contributed by atoms with Crippen LogP contribution in [0.2, 0.25) is 0 Å². The van der Waals surface area contributed by atoms with Gasteiger partial charge in [0.1, 0.15) is 11.3 Å². The maximum Gasteiger partial charge on any atom is 0.338 e. The highest BCUT2D eigenvalue weighted by Crippen LogP contribution is 2.28. The van der Waals surface area contributed by atoms with Gasteiger partial charge in [-0.1, -0.05) is 12.1 Å². The Balaban J connectivity index is 1.43. The summed E-state index contributed by atoms with van der Waals surface area (Å²) in [6, 6.07) is 5.97. The summed E-state index contributed by atoms with van der Waals surface area (Å²) in [6.45, 7) is 3.56. The molecule has 3 aromatic rings. The molecule has 10 heteroatoms. The van der Waals surface area contributed by atoms with Crippen LogP contribution >= 0.6 is 0 Å². The van der Waals surface area contributed by atoms with Crippen LogP contribution < -0.4 is 10.6 Å². The van der Waals surface area contributed by atoms with Crippen LogP contribution in [0.4, 0.5) is 15.1 Å². The van der Waals surface area contributed by atoms with Gasteiger partial charge in [-0.15, -0.1) is 0 Å². The number of benzene rings is 1. The van der Waals surface area contributed by atoms with Gasteiger partial charge in [0.15, 0.2) is 5.65 Å². The molecular formula is C21H23FN6O3. The normalized spacial score (nSPS) is 19.4. The first kappa shape index (κ1) is 19.7. The second-order valence-electron chi connectivity index (χ2n) is 7.92. The molecule has 2 aliphatic heterocycles. The van der Waals surface area contributed by atoms with Gasteiger partial charge in [0.25, 0.3) is 0 Å². The van der Waals surface area contributed by atoms with Crippen LogP contribution in [0.1, 0.15) is 17.9 Å². The van der Waals surface area contributed by atoms with Gasteiger partial charge in [-0.3, -0.25) is 4.57 Å². The van der Waals surface area contributed by atoms with Crippen LogP contribution in [0.25, 0.3) is 11.2 Å². The zero-order valence-electron chi connectivity index (χ0n) is 17.2. The van der Waals surface area contributed by atoms with Crippen LogP contribution in [0, 0.1) is 5.82 Å². The molecule has 0 aliphatic carbocycles. The molecule has 9 nitrogen and oxygen atoms in total. The molecule has 0 N–H and O–H groups in total. The second-order valence-corrected chi connectivity index (χ2v) is 7.92. The Labute approximate surface area is 177 Å². The number of aromatic nitrogens is 4. The fourth-order valence-electron chi connectivity index (χ4n) is 4.29. The molecule has 2 aromatic heterocycles. The first-order valence-electron chi connectivity index (χ1n) is 10.3. The maximum atomic E-state index is 13.2. The van der Waals surface area contributed by atoms with Crippen molar-refractivity contribution in [1.82, 2.24) is 24.0 Å². The number of halogens is 1. The molecule has 2 saturated heterocycles. The number of imidazole rings is 1. The number of aryl methyl sites for hydroxylation is 1. The molecule has 1 unspecified atom stereocenters. The number of anilines is 1. The topological polar surface area (TPSA) is 85.5 Å². The highest BCUT2D eigenvalue weighted by Gasteiger charge is 2.31. The maximum absolute atomic E-state index is 13.2. The van der Waals surface area contributed by atoms with Crippen molar-refractivity contribution in [1.29, 1.82) is 0 Å². The molecule has 31 heavy (non-hydrogen) atoms. The number of nitrogens with zero attached hydrogens (tertiary/aromatic N) is 6. The molecule has 2 aliphatic rings. The van der Waals surface area contributed by atoms with E-state index in [1.807, 2.05) is 4.90 Å². The summed E-state index contributed by atoms with van der Waals surface area (Å²) in [5.74, 6) is 0.349. The smallest absolute Gasteiger partial charge is 0.338 e. The van der Waals surface area contributed by atoms with Crippen molar-refractivity contribution in [2.45, 2.75) is 12.3 Å². The Hall–Kier alpha value is -3.27. The van der Waals surface area contributed by atoms with Gasteiger partial charge in [-0.05, 0) is 24.1 Å². The highest BCUT2D eigenvalue weighted by atomic mass is 19.1. The standard InChI is InChI=1S/C21H23FN6O3/c1-25-18-17(12-23-19(24-18)26-8-10-31-11-9-26)28(20(25)29)21(30)27-7-6-15(13-27)14-2-4-16(22)5-3-14/h2-5,12,15H,6-11,13H2,1H3. The first-order chi connectivity index (χ1) is 15.0. The predicted octanol–water partition coefficient (Wildman–Crippen LogP) is 1.56. The molecule has 0 bridgehead atoms. The Morgan fingerprint density at radius 1 is 1.16 bits per heavy atom. The van der Waals surface area contributed by atoms with Crippen molar-refractivity contribution in [3.8, 4) is 0 Å². The fourth-order valence-corrected chi connectivity index (χ4v) is 4.29. The molecule has 1 atom stereocenters. The van der Waals surface area contributed by atoms with Gasteiger partial charge < -0.3 is 14.5 Å². The van der Waals surface area contributed by atoms with E-state index in [0.717, 1.165) is 16.6 Å². The zero-order valence-corrected chi connectivity index (χ0v) is 17.2. The lowest BCUT2D eigenvalue weighted by Gasteiger charge is -2.26. The summed E-state index contributed by atoms with van der Waals surface area (Å²) in [5.41, 5.74) is 1.35. The van der Waals surface area contributed by atoms with Crippen molar-refractivity contribution >= 4 is 23.1 Å². The lowest BCUT2D eigenvalue weighted by molar-refractivity contribution is 0.122. The zero-order chi connectivity index (χ0) is 21.5. The molecule has 0 radical (unpaired) electrons. The third-order valence-electron chi connectivity index (χ3n) is 6.06. The van der Waals surface area contributed by atoms with Crippen LogP contribution in [-0.4, -0.2) is 69.4 Å². The molecule has 1 aromatic carbocycles. The number of carbonyl (C=O) groups is 1. The summed E-state index contributed by atoms with van der Waals surface area (Å²) in [6.07, 6.45) is 2.30. The Morgan fingerprint density at radius 2 is 1.90 bits per heavy atom. The van der Waals surface area contributed by atoms with Crippen LogP contribution in [-0.2, 0) is 11.8 Å². The van der Waals surface area contributed by atoms with E-state index in [0.29, 0.717) is 56.5 Å². The highest BCUT2D eigenvalue weighted by molar-refractivity contribution is 5.88.